The van der Waals surface area contributed by atoms with E-state index < -0.39 is 0 Å². The second-order valence-electron chi connectivity index (χ2n) is 4.88. The quantitative estimate of drug-likeness (QED) is 0.854. The number of aryl methyl sites for hydroxylation is 3. The molecule has 0 aliphatic rings. The average molecular weight is 279 g/mol. The van der Waals surface area contributed by atoms with Crippen LogP contribution in [0.4, 0.5) is 5.69 Å². The van der Waals surface area contributed by atoms with E-state index in [0.29, 0.717) is 23.4 Å². The maximum absolute atomic E-state index is 9.10. The molecule has 106 valence electrons. The first kappa shape index (κ1) is 14.6. The van der Waals surface area contributed by atoms with Crippen molar-refractivity contribution < 1.29 is 0 Å². The molecule has 0 spiro atoms. The number of aromatic nitrogens is 2. The topological polar surface area (TPSA) is 77.4 Å². The number of nitrogens with zero attached hydrogens (tertiary/aromatic N) is 4. The molecule has 2 rings (SSSR count). The number of para-hydroxylation sites is 1. The first-order valence-electron chi connectivity index (χ1n) is 6.84. The van der Waals surface area contributed by atoms with E-state index in [0.717, 1.165) is 24.4 Å². The molecule has 0 amide bonds. The van der Waals surface area contributed by atoms with Crippen molar-refractivity contribution in [1.29, 1.82) is 10.5 Å². The molecule has 1 aromatic carbocycles. The summed E-state index contributed by atoms with van der Waals surface area (Å²) < 4.78 is 1.97. The summed E-state index contributed by atoms with van der Waals surface area (Å²) in [5, 5.41) is 25.8. The van der Waals surface area contributed by atoms with Gasteiger partial charge in [-0.15, -0.1) is 0 Å². The zero-order valence-corrected chi connectivity index (χ0v) is 12.2. The number of rotatable bonds is 5. The average Bonchev–Trinajstić information content (AvgIpc) is 2.81. The zero-order chi connectivity index (χ0) is 15.2. The summed E-state index contributed by atoms with van der Waals surface area (Å²) in [5.41, 5.74) is 3.78. The van der Waals surface area contributed by atoms with Crippen molar-refractivity contribution in [2.45, 2.75) is 26.8 Å². The predicted octanol–water partition coefficient (Wildman–Crippen LogP) is 2.75. The van der Waals surface area contributed by atoms with E-state index in [-0.39, 0.29) is 0 Å². The van der Waals surface area contributed by atoms with Gasteiger partial charge in [-0.2, -0.15) is 15.6 Å². The monoisotopic (exact) mass is 279 g/mol. The van der Waals surface area contributed by atoms with E-state index in [4.69, 9.17) is 10.5 Å². The van der Waals surface area contributed by atoms with Gasteiger partial charge in [0.25, 0.3) is 0 Å². The Morgan fingerprint density at radius 2 is 1.86 bits per heavy atom. The van der Waals surface area contributed by atoms with Gasteiger partial charge in [-0.25, -0.2) is 0 Å². The SMILES string of the molecule is Cc1cc(C)n(CCCNc2c(C#N)cccc2C#N)n1. The fourth-order valence-corrected chi connectivity index (χ4v) is 2.27. The Kier molecular flexibility index (Phi) is 4.58. The van der Waals surface area contributed by atoms with Gasteiger partial charge in [-0.3, -0.25) is 4.68 Å². The zero-order valence-electron chi connectivity index (χ0n) is 12.2. The van der Waals surface area contributed by atoms with Gasteiger partial charge in [0.2, 0.25) is 0 Å². The van der Waals surface area contributed by atoms with Crippen LogP contribution in [0.2, 0.25) is 0 Å². The molecule has 0 aliphatic heterocycles. The minimum atomic E-state index is 0.500. The van der Waals surface area contributed by atoms with Crippen molar-refractivity contribution in [3.05, 3.63) is 46.8 Å². The molecule has 21 heavy (non-hydrogen) atoms. The molecule has 1 heterocycles. The fraction of sp³-hybridized carbons (Fsp3) is 0.312. The number of hydrogen-bond acceptors (Lipinski definition) is 4. The van der Waals surface area contributed by atoms with E-state index in [1.54, 1.807) is 18.2 Å². The first-order valence-corrected chi connectivity index (χ1v) is 6.84. The molecule has 0 radical (unpaired) electrons. The third kappa shape index (κ3) is 3.40. The number of nitriles is 2. The molecule has 0 saturated carbocycles. The van der Waals surface area contributed by atoms with Crippen molar-refractivity contribution in [2.75, 3.05) is 11.9 Å². The Morgan fingerprint density at radius 3 is 2.38 bits per heavy atom. The van der Waals surface area contributed by atoms with E-state index >= 15 is 0 Å². The summed E-state index contributed by atoms with van der Waals surface area (Å²) in [5.74, 6) is 0. The van der Waals surface area contributed by atoms with E-state index in [1.165, 1.54) is 0 Å². The molecule has 0 bridgehead atoms. The van der Waals surface area contributed by atoms with Crippen LogP contribution < -0.4 is 5.32 Å². The molecule has 0 atom stereocenters. The highest BCUT2D eigenvalue weighted by Gasteiger charge is 2.07. The van der Waals surface area contributed by atoms with Crippen LogP contribution in [0.1, 0.15) is 28.9 Å². The van der Waals surface area contributed by atoms with Crippen molar-refractivity contribution in [3.8, 4) is 12.1 Å². The molecule has 0 aliphatic carbocycles. The van der Waals surface area contributed by atoms with Crippen LogP contribution in [0.15, 0.2) is 24.3 Å². The van der Waals surface area contributed by atoms with Crippen LogP contribution in [0, 0.1) is 36.5 Å². The minimum absolute atomic E-state index is 0.500. The Morgan fingerprint density at radius 1 is 1.19 bits per heavy atom. The Balaban J connectivity index is 1.97. The van der Waals surface area contributed by atoms with Crippen LogP contribution in [-0.2, 0) is 6.54 Å². The maximum atomic E-state index is 9.10. The largest absolute Gasteiger partial charge is 0.383 e. The van der Waals surface area contributed by atoms with Crippen molar-refractivity contribution >= 4 is 5.69 Å². The van der Waals surface area contributed by atoms with Gasteiger partial charge < -0.3 is 5.32 Å². The van der Waals surface area contributed by atoms with Gasteiger partial charge in [0.15, 0.2) is 0 Å². The Bertz CT molecular complexity index is 683. The van der Waals surface area contributed by atoms with Crippen LogP contribution in [0.25, 0.3) is 0 Å². The highest BCUT2D eigenvalue weighted by molar-refractivity contribution is 5.66. The van der Waals surface area contributed by atoms with Gasteiger partial charge in [-0.05, 0) is 38.5 Å². The Labute approximate surface area is 124 Å². The minimum Gasteiger partial charge on any atom is -0.383 e. The number of anilines is 1. The molecule has 2 aromatic rings. The summed E-state index contributed by atoms with van der Waals surface area (Å²) in [4.78, 5) is 0. The van der Waals surface area contributed by atoms with E-state index in [1.807, 2.05) is 24.6 Å². The summed E-state index contributed by atoms with van der Waals surface area (Å²) in [6.45, 7) is 5.51. The van der Waals surface area contributed by atoms with Crippen molar-refractivity contribution in [3.63, 3.8) is 0 Å². The summed E-state index contributed by atoms with van der Waals surface area (Å²) in [7, 11) is 0. The van der Waals surface area contributed by atoms with Crippen LogP contribution in [-0.4, -0.2) is 16.3 Å². The van der Waals surface area contributed by atoms with Gasteiger partial charge in [0.1, 0.15) is 12.1 Å². The first-order chi connectivity index (χ1) is 10.2. The summed E-state index contributed by atoms with van der Waals surface area (Å²) in [6, 6.07) is 11.4. The lowest BCUT2D eigenvalue weighted by molar-refractivity contribution is 0.573. The molecule has 0 unspecified atom stereocenters. The van der Waals surface area contributed by atoms with Crippen molar-refractivity contribution in [2.24, 2.45) is 0 Å². The van der Waals surface area contributed by atoms with E-state index in [2.05, 4.69) is 22.6 Å². The second kappa shape index (κ2) is 6.58. The smallest absolute Gasteiger partial charge is 0.101 e. The number of benzene rings is 1. The molecular formula is C16H17N5. The van der Waals surface area contributed by atoms with Gasteiger partial charge >= 0.3 is 0 Å². The fourth-order valence-electron chi connectivity index (χ4n) is 2.27. The van der Waals surface area contributed by atoms with Crippen molar-refractivity contribution in [1.82, 2.24) is 9.78 Å². The maximum Gasteiger partial charge on any atom is 0.101 e. The predicted molar refractivity (Wildman–Crippen MR) is 80.7 cm³/mol. The van der Waals surface area contributed by atoms with E-state index in [9.17, 15) is 0 Å². The van der Waals surface area contributed by atoms with Gasteiger partial charge in [-0.1, -0.05) is 6.07 Å². The molecule has 5 nitrogen and oxygen atoms in total. The van der Waals surface area contributed by atoms with Crippen LogP contribution >= 0.6 is 0 Å². The lowest BCUT2D eigenvalue weighted by atomic mass is 10.1. The van der Waals surface area contributed by atoms with Crippen LogP contribution in [0.5, 0.6) is 0 Å². The number of hydrogen-bond donors (Lipinski definition) is 1. The van der Waals surface area contributed by atoms with Crippen LogP contribution in [0.3, 0.4) is 0 Å². The molecule has 1 aromatic heterocycles. The summed E-state index contributed by atoms with van der Waals surface area (Å²) in [6.07, 6.45) is 0.868. The molecular weight excluding hydrogens is 262 g/mol. The Hall–Kier alpha value is -2.79. The number of nitrogens with one attached hydrogen (secondary N) is 1. The molecule has 1 N–H and O–H groups in total. The van der Waals surface area contributed by atoms with Gasteiger partial charge in [0.05, 0.1) is 22.5 Å². The highest BCUT2D eigenvalue weighted by Crippen LogP contribution is 2.19. The molecule has 0 fully saturated rings. The highest BCUT2D eigenvalue weighted by atomic mass is 15.3. The molecule has 0 saturated heterocycles. The lowest BCUT2D eigenvalue weighted by Crippen LogP contribution is -2.10. The third-order valence-corrected chi connectivity index (χ3v) is 3.26. The molecule has 5 heteroatoms. The lowest BCUT2D eigenvalue weighted by Gasteiger charge is -2.10. The summed E-state index contributed by atoms with van der Waals surface area (Å²) >= 11 is 0. The second-order valence-corrected chi connectivity index (χ2v) is 4.88. The third-order valence-electron chi connectivity index (χ3n) is 3.26. The normalized spacial score (nSPS) is 9.90. The standard InChI is InChI=1S/C16H17N5/c1-12-9-13(2)21(20-12)8-4-7-19-16-14(10-17)5-3-6-15(16)11-18/h3,5-6,9,19H,4,7-8H2,1-2H3. The van der Waals surface area contributed by atoms with Gasteiger partial charge in [0, 0.05) is 18.8 Å².